The first-order valence-corrected chi connectivity index (χ1v) is 5.26. The van der Waals surface area contributed by atoms with Gasteiger partial charge in [0.1, 0.15) is 5.75 Å². The van der Waals surface area contributed by atoms with Crippen molar-refractivity contribution in [2.75, 3.05) is 7.11 Å². The van der Waals surface area contributed by atoms with Crippen LogP contribution in [0.4, 0.5) is 0 Å². The predicted octanol–water partition coefficient (Wildman–Crippen LogP) is 3.69. The average molecular weight is 317 g/mol. The molecule has 1 nitrogen and oxygen atoms in total. The van der Waals surface area contributed by atoms with E-state index in [9.17, 15) is 0 Å². The van der Waals surface area contributed by atoms with Crippen LogP contribution < -0.4 is 4.74 Å². The summed E-state index contributed by atoms with van der Waals surface area (Å²) >= 11 is 13.7. The lowest BCUT2D eigenvalue weighted by Gasteiger charge is -2.07. The summed E-state index contributed by atoms with van der Waals surface area (Å²) in [5.74, 6) is 1.23. The second-order valence-corrected chi connectivity index (χ2v) is 4.00. The summed E-state index contributed by atoms with van der Waals surface area (Å²) in [6, 6.07) is 3.62. The molecule has 4 heteroatoms. The van der Waals surface area contributed by atoms with Gasteiger partial charge >= 0.3 is 0 Å². The molecule has 0 amide bonds. The lowest BCUT2D eigenvalue weighted by atomic mass is 10.2. The van der Waals surface area contributed by atoms with E-state index in [-0.39, 0.29) is 0 Å². The van der Waals surface area contributed by atoms with Crippen molar-refractivity contribution in [1.82, 2.24) is 0 Å². The minimum Gasteiger partial charge on any atom is -0.496 e. The molecule has 1 rings (SSSR count). The van der Waals surface area contributed by atoms with Crippen LogP contribution >= 0.6 is 45.8 Å². The monoisotopic (exact) mass is 316 g/mol. The van der Waals surface area contributed by atoms with E-state index in [4.69, 9.17) is 27.9 Å². The zero-order valence-electron chi connectivity index (χ0n) is 6.40. The van der Waals surface area contributed by atoms with E-state index in [1.807, 2.05) is 6.07 Å². The first-order valence-electron chi connectivity index (χ1n) is 3.27. The highest BCUT2D eigenvalue weighted by atomic mass is 127. The van der Waals surface area contributed by atoms with Crippen LogP contribution in [0, 0.1) is 3.57 Å². The van der Waals surface area contributed by atoms with Crippen LogP contribution in [0.15, 0.2) is 12.1 Å². The zero-order chi connectivity index (χ0) is 9.14. The number of hydrogen-bond acceptors (Lipinski definition) is 1. The number of halogens is 3. The highest BCUT2D eigenvalue weighted by Gasteiger charge is 2.06. The predicted molar refractivity (Wildman–Crippen MR) is 60.3 cm³/mol. The molecule has 0 radical (unpaired) electrons. The topological polar surface area (TPSA) is 9.23 Å². The smallest absolute Gasteiger partial charge is 0.133 e. The SMILES string of the molecule is COc1cc(Cl)cc(CCl)c1I. The molecule has 0 aliphatic rings. The molecule has 0 N–H and O–H groups in total. The Labute approximate surface area is 95.1 Å². The first-order chi connectivity index (χ1) is 5.69. The van der Waals surface area contributed by atoms with Crippen molar-refractivity contribution in [3.63, 3.8) is 0 Å². The van der Waals surface area contributed by atoms with Crippen LogP contribution in [0.2, 0.25) is 5.02 Å². The van der Waals surface area contributed by atoms with Crippen LogP contribution in [-0.2, 0) is 5.88 Å². The summed E-state index contributed by atoms with van der Waals surface area (Å²) in [6.45, 7) is 0. The van der Waals surface area contributed by atoms with Gasteiger partial charge in [0.05, 0.1) is 10.7 Å². The number of alkyl halides is 1. The molecule has 0 unspecified atom stereocenters. The lowest BCUT2D eigenvalue weighted by molar-refractivity contribution is 0.411. The Morgan fingerprint density at radius 1 is 1.50 bits per heavy atom. The molecular formula is C8H7Cl2IO. The molecule has 0 atom stereocenters. The van der Waals surface area contributed by atoms with E-state index >= 15 is 0 Å². The van der Waals surface area contributed by atoms with Crippen molar-refractivity contribution >= 4 is 45.8 Å². The van der Waals surface area contributed by atoms with Crippen LogP contribution in [0.25, 0.3) is 0 Å². The maximum atomic E-state index is 5.84. The summed E-state index contributed by atoms with van der Waals surface area (Å²) in [7, 11) is 1.62. The number of benzene rings is 1. The number of methoxy groups -OCH3 is 1. The minimum atomic E-state index is 0.454. The molecule has 0 aliphatic carbocycles. The Kier molecular flexibility index (Phi) is 3.93. The zero-order valence-corrected chi connectivity index (χ0v) is 10.1. The van der Waals surface area contributed by atoms with Gasteiger partial charge < -0.3 is 4.74 Å². The van der Waals surface area contributed by atoms with Crippen molar-refractivity contribution in [3.05, 3.63) is 26.3 Å². The van der Waals surface area contributed by atoms with Gasteiger partial charge in [0, 0.05) is 10.9 Å². The third-order valence-electron chi connectivity index (χ3n) is 1.44. The van der Waals surface area contributed by atoms with Gasteiger partial charge in [-0.1, -0.05) is 11.6 Å². The van der Waals surface area contributed by atoms with Gasteiger partial charge in [-0.2, -0.15) is 0 Å². The largest absolute Gasteiger partial charge is 0.496 e. The normalized spacial score (nSPS) is 10.0. The Balaban J connectivity index is 3.22. The number of ether oxygens (including phenoxy) is 1. The van der Waals surface area contributed by atoms with E-state index in [2.05, 4.69) is 22.6 Å². The van der Waals surface area contributed by atoms with Gasteiger partial charge in [-0.15, -0.1) is 11.6 Å². The quantitative estimate of drug-likeness (QED) is 0.597. The standard InChI is InChI=1S/C8H7Cl2IO/c1-12-7-3-6(10)2-5(4-9)8(7)11/h2-3H,4H2,1H3. The molecule has 0 aliphatic heterocycles. The Hall–Kier alpha value is 0.330. The van der Waals surface area contributed by atoms with Crippen molar-refractivity contribution in [1.29, 1.82) is 0 Å². The number of rotatable bonds is 2. The van der Waals surface area contributed by atoms with E-state index in [1.165, 1.54) is 0 Å². The van der Waals surface area contributed by atoms with Crippen LogP contribution in [0.1, 0.15) is 5.56 Å². The summed E-state index contributed by atoms with van der Waals surface area (Å²) < 4.78 is 6.14. The Morgan fingerprint density at radius 3 is 2.67 bits per heavy atom. The fraction of sp³-hybridized carbons (Fsp3) is 0.250. The fourth-order valence-corrected chi connectivity index (χ4v) is 2.25. The van der Waals surface area contributed by atoms with Gasteiger partial charge in [-0.05, 0) is 40.3 Å². The van der Waals surface area contributed by atoms with Crippen LogP contribution in [0.5, 0.6) is 5.75 Å². The highest BCUT2D eigenvalue weighted by molar-refractivity contribution is 14.1. The van der Waals surface area contributed by atoms with Gasteiger partial charge in [0.25, 0.3) is 0 Å². The van der Waals surface area contributed by atoms with E-state index in [1.54, 1.807) is 13.2 Å². The second-order valence-electron chi connectivity index (χ2n) is 2.21. The molecule has 0 saturated heterocycles. The molecule has 0 heterocycles. The van der Waals surface area contributed by atoms with Gasteiger partial charge in [-0.25, -0.2) is 0 Å². The lowest BCUT2D eigenvalue weighted by Crippen LogP contribution is -1.91. The molecule has 1 aromatic rings. The molecule has 12 heavy (non-hydrogen) atoms. The van der Waals surface area contributed by atoms with E-state index in [0.717, 1.165) is 14.9 Å². The van der Waals surface area contributed by atoms with Gasteiger partial charge in [-0.3, -0.25) is 0 Å². The maximum absolute atomic E-state index is 5.84. The maximum Gasteiger partial charge on any atom is 0.133 e. The summed E-state index contributed by atoms with van der Waals surface area (Å²) in [5, 5.41) is 0.655. The third-order valence-corrected chi connectivity index (χ3v) is 3.17. The van der Waals surface area contributed by atoms with Crippen molar-refractivity contribution in [3.8, 4) is 5.75 Å². The number of hydrogen-bond donors (Lipinski definition) is 0. The van der Waals surface area contributed by atoms with Crippen molar-refractivity contribution in [2.45, 2.75) is 5.88 Å². The van der Waals surface area contributed by atoms with Crippen LogP contribution in [0.3, 0.4) is 0 Å². The Morgan fingerprint density at radius 2 is 2.17 bits per heavy atom. The van der Waals surface area contributed by atoms with Crippen molar-refractivity contribution in [2.24, 2.45) is 0 Å². The Bertz CT molecular complexity index is 263. The third kappa shape index (κ3) is 2.18. The highest BCUT2D eigenvalue weighted by Crippen LogP contribution is 2.29. The van der Waals surface area contributed by atoms with E-state index < -0.39 is 0 Å². The molecule has 0 fully saturated rings. The summed E-state index contributed by atoms with van der Waals surface area (Å²) in [5.41, 5.74) is 1.00. The average Bonchev–Trinajstić information content (AvgIpc) is 2.08. The molecule has 0 saturated carbocycles. The van der Waals surface area contributed by atoms with E-state index in [0.29, 0.717) is 10.9 Å². The van der Waals surface area contributed by atoms with Crippen LogP contribution in [-0.4, -0.2) is 7.11 Å². The molecule has 0 spiro atoms. The summed E-state index contributed by atoms with van der Waals surface area (Å²) in [4.78, 5) is 0. The second kappa shape index (κ2) is 4.53. The first kappa shape index (κ1) is 10.4. The molecule has 66 valence electrons. The molecule has 0 aromatic heterocycles. The van der Waals surface area contributed by atoms with Gasteiger partial charge in [0.15, 0.2) is 0 Å². The molecule has 0 bridgehead atoms. The summed E-state index contributed by atoms with van der Waals surface area (Å²) in [6.07, 6.45) is 0. The van der Waals surface area contributed by atoms with Crippen molar-refractivity contribution < 1.29 is 4.74 Å². The molecular weight excluding hydrogens is 310 g/mol. The minimum absolute atomic E-state index is 0.454. The fourth-order valence-electron chi connectivity index (χ4n) is 0.864. The molecule has 1 aromatic carbocycles. The van der Waals surface area contributed by atoms with Gasteiger partial charge in [0.2, 0.25) is 0 Å².